The van der Waals surface area contributed by atoms with Crippen LogP contribution in [0.4, 0.5) is 10.5 Å². The van der Waals surface area contributed by atoms with Crippen molar-refractivity contribution in [1.82, 2.24) is 10.2 Å². The monoisotopic (exact) mass is 497 g/mol. The Bertz CT molecular complexity index is 1090. The van der Waals surface area contributed by atoms with Crippen LogP contribution in [0.25, 0.3) is 0 Å². The summed E-state index contributed by atoms with van der Waals surface area (Å²) in [6, 6.07) is 8.71. The molecule has 2 aromatic carbocycles. The number of ether oxygens (including phenoxy) is 1. The van der Waals surface area contributed by atoms with Crippen LogP contribution in [0.5, 0.6) is 5.75 Å². The molecule has 0 spiro atoms. The van der Waals surface area contributed by atoms with Gasteiger partial charge in [-0.25, -0.2) is 4.79 Å². The van der Waals surface area contributed by atoms with Crippen molar-refractivity contribution >= 4 is 23.6 Å². The molecule has 3 N–H and O–H groups in total. The van der Waals surface area contributed by atoms with E-state index in [-0.39, 0.29) is 12.3 Å². The second kappa shape index (κ2) is 11.9. The van der Waals surface area contributed by atoms with E-state index in [0.717, 1.165) is 11.1 Å². The highest BCUT2D eigenvalue weighted by Crippen LogP contribution is 2.33. The molecule has 8 heteroatoms. The van der Waals surface area contributed by atoms with E-state index in [1.165, 1.54) is 4.90 Å². The van der Waals surface area contributed by atoms with Gasteiger partial charge in [0, 0.05) is 17.8 Å². The number of nitrogens with zero attached hydrogens (tertiary/aromatic N) is 1. The first-order valence-electron chi connectivity index (χ1n) is 12.2. The van der Waals surface area contributed by atoms with Gasteiger partial charge in [-0.15, -0.1) is 0 Å². The first-order valence-corrected chi connectivity index (χ1v) is 12.2. The molecule has 2 atom stereocenters. The highest BCUT2D eigenvalue weighted by atomic mass is 16.6. The van der Waals surface area contributed by atoms with E-state index in [0.29, 0.717) is 23.2 Å². The minimum Gasteiger partial charge on any atom is -0.507 e. The predicted molar refractivity (Wildman–Crippen MR) is 141 cm³/mol. The second-order valence-electron chi connectivity index (χ2n) is 10.1. The Balaban J connectivity index is 2.50. The van der Waals surface area contributed by atoms with Gasteiger partial charge in [0.1, 0.15) is 23.4 Å². The lowest BCUT2D eigenvalue weighted by molar-refractivity contribution is -0.140. The third-order valence-electron chi connectivity index (χ3n) is 5.70. The molecule has 0 aromatic heterocycles. The Hall–Kier alpha value is -3.55. The Morgan fingerprint density at radius 2 is 1.56 bits per heavy atom. The molecule has 0 fully saturated rings. The van der Waals surface area contributed by atoms with Crippen LogP contribution >= 0.6 is 0 Å². The summed E-state index contributed by atoms with van der Waals surface area (Å²) in [6.45, 7) is 14.4. The fourth-order valence-corrected chi connectivity index (χ4v) is 3.96. The predicted octanol–water partition coefficient (Wildman–Crippen LogP) is 5.15. The zero-order chi connectivity index (χ0) is 27.2. The van der Waals surface area contributed by atoms with Crippen molar-refractivity contribution in [2.75, 3.05) is 11.9 Å². The Labute approximate surface area is 214 Å². The number of benzene rings is 2. The number of rotatable bonds is 8. The van der Waals surface area contributed by atoms with Crippen LogP contribution in [-0.4, -0.2) is 46.1 Å². The number of aromatic hydroxyl groups is 1. The fourth-order valence-electron chi connectivity index (χ4n) is 3.96. The molecule has 2 unspecified atom stereocenters. The summed E-state index contributed by atoms with van der Waals surface area (Å²) in [5, 5.41) is 16.4. The Morgan fingerprint density at radius 3 is 2.11 bits per heavy atom. The minimum absolute atomic E-state index is 0.0548. The van der Waals surface area contributed by atoms with Gasteiger partial charge < -0.3 is 25.4 Å². The molecule has 196 valence electrons. The van der Waals surface area contributed by atoms with Gasteiger partial charge in [-0.3, -0.25) is 9.59 Å². The van der Waals surface area contributed by atoms with E-state index in [2.05, 4.69) is 10.6 Å². The number of alkyl carbamates (subject to hydrolysis) is 1. The molecule has 3 amide bonds. The molecule has 0 aliphatic carbocycles. The normalized spacial score (nSPS) is 12.9. The van der Waals surface area contributed by atoms with Crippen LogP contribution in [0.2, 0.25) is 0 Å². The third-order valence-corrected chi connectivity index (χ3v) is 5.70. The van der Waals surface area contributed by atoms with E-state index in [9.17, 15) is 19.5 Å². The number of carbonyl (C=O) groups is 3. The van der Waals surface area contributed by atoms with Gasteiger partial charge in [0.05, 0.1) is 0 Å². The summed E-state index contributed by atoms with van der Waals surface area (Å²) in [5.41, 5.74) is 2.58. The van der Waals surface area contributed by atoms with Crippen LogP contribution < -0.4 is 10.6 Å². The Kier molecular flexibility index (Phi) is 9.50. The maximum atomic E-state index is 13.8. The van der Waals surface area contributed by atoms with Gasteiger partial charge in [-0.05, 0) is 71.6 Å². The van der Waals surface area contributed by atoms with E-state index >= 15 is 0 Å². The van der Waals surface area contributed by atoms with Crippen molar-refractivity contribution in [3.8, 4) is 5.75 Å². The molecular weight excluding hydrogens is 458 g/mol. The number of amides is 3. The molecule has 0 saturated heterocycles. The van der Waals surface area contributed by atoms with E-state index in [1.807, 2.05) is 39.0 Å². The number of para-hydroxylation sites is 2. The van der Waals surface area contributed by atoms with E-state index in [4.69, 9.17) is 4.74 Å². The zero-order valence-electron chi connectivity index (χ0n) is 22.6. The Morgan fingerprint density at radius 1 is 1.00 bits per heavy atom. The molecule has 2 aromatic rings. The highest BCUT2D eigenvalue weighted by Gasteiger charge is 2.36. The van der Waals surface area contributed by atoms with Crippen LogP contribution in [0, 0.1) is 20.8 Å². The summed E-state index contributed by atoms with van der Waals surface area (Å²) < 4.78 is 5.29. The molecule has 36 heavy (non-hydrogen) atoms. The molecule has 0 heterocycles. The molecule has 0 aliphatic heterocycles. The molecule has 0 saturated carbocycles. The summed E-state index contributed by atoms with van der Waals surface area (Å²) in [7, 11) is 0. The van der Waals surface area contributed by atoms with Crippen molar-refractivity contribution in [1.29, 1.82) is 0 Å². The minimum atomic E-state index is -1.13. The lowest BCUT2D eigenvalue weighted by Gasteiger charge is -2.34. The third kappa shape index (κ3) is 7.23. The number of anilines is 1. The summed E-state index contributed by atoms with van der Waals surface area (Å²) >= 11 is 0. The van der Waals surface area contributed by atoms with Gasteiger partial charge >= 0.3 is 6.09 Å². The van der Waals surface area contributed by atoms with E-state index < -0.39 is 35.6 Å². The molecule has 0 aliphatic rings. The largest absolute Gasteiger partial charge is 0.507 e. The molecule has 2 rings (SSSR count). The first kappa shape index (κ1) is 28.7. The van der Waals surface area contributed by atoms with Gasteiger partial charge in [0.2, 0.25) is 5.91 Å². The number of phenols is 1. The highest BCUT2D eigenvalue weighted by molar-refractivity contribution is 6.00. The van der Waals surface area contributed by atoms with Gasteiger partial charge in [-0.1, -0.05) is 43.3 Å². The van der Waals surface area contributed by atoms with Gasteiger partial charge in [-0.2, -0.15) is 0 Å². The standard InChI is InChI=1S/C28H39N3O5/c1-9-16-31(26(34)20(5)29-27(35)36-28(6,7)8)23(21-15-11-14-19(4)24(21)32)25(33)30-22-17(2)12-10-13-18(22)3/h10-15,20,23,32H,9,16H2,1-8H3,(H,29,35)(H,30,33). The van der Waals surface area contributed by atoms with Crippen molar-refractivity contribution in [3.05, 3.63) is 58.7 Å². The summed E-state index contributed by atoms with van der Waals surface area (Å²) in [5.74, 6) is -0.981. The number of phenolic OH excluding ortho intramolecular Hbond substituents is 1. The lowest BCUT2D eigenvalue weighted by Crippen LogP contribution is -2.51. The van der Waals surface area contributed by atoms with Crippen LogP contribution in [0.3, 0.4) is 0 Å². The number of hydrogen-bond acceptors (Lipinski definition) is 5. The molecular formula is C28H39N3O5. The second-order valence-corrected chi connectivity index (χ2v) is 10.1. The van der Waals surface area contributed by atoms with Gasteiger partial charge in [0.25, 0.3) is 5.91 Å². The van der Waals surface area contributed by atoms with Crippen molar-refractivity contribution in [2.45, 2.75) is 79.5 Å². The SMILES string of the molecule is CCCN(C(=O)C(C)NC(=O)OC(C)(C)C)C(C(=O)Nc1c(C)cccc1C)c1cccc(C)c1O. The fraction of sp³-hybridized carbons (Fsp3) is 0.464. The molecule has 0 bridgehead atoms. The zero-order valence-corrected chi connectivity index (χ0v) is 22.6. The average Bonchev–Trinajstić information content (AvgIpc) is 2.77. The van der Waals surface area contributed by atoms with Crippen molar-refractivity contribution in [3.63, 3.8) is 0 Å². The first-order chi connectivity index (χ1) is 16.8. The van der Waals surface area contributed by atoms with Crippen LogP contribution in [-0.2, 0) is 14.3 Å². The molecule has 0 radical (unpaired) electrons. The van der Waals surface area contributed by atoms with Crippen LogP contribution in [0.1, 0.15) is 69.3 Å². The maximum Gasteiger partial charge on any atom is 0.408 e. The van der Waals surface area contributed by atoms with Gasteiger partial charge in [0.15, 0.2) is 0 Å². The lowest BCUT2D eigenvalue weighted by atomic mass is 9.98. The smallest absolute Gasteiger partial charge is 0.408 e. The number of nitrogens with one attached hydrogen (secondary N) is 2. The maximum absolute atomic E-state index is 13.8. The van der Waals surface area contributed by atoms with E-state index in [1.54, 1.807) is 52.8 Å². The number of aryl methyl sites for hydroxylation is 3. The van der Waals surface area contributed by atoms with Crippen molar-refractivity contribution in [2.24, 2.45) is 0 Å². The topological polar surface area (TPSA) is 108 Å². The summed E-state index contributed by atoms with van der Waals surface area (Å²) in [6.07, 6.45) is -0.167. The average molecular weight is 498 g/mol. The molecule has 8 nitrogen and oxygen atoms in total. The summed E-state index contributed by atoms with van der Waals surface area (Å²) in [4.78, 5) is 41.2. The number of carbonyl (C=O) groups excluding carboxylic acids is 3. The quantitative estimate of drug-likeness (QED) is 0.468. The number of hydrogen-bond donors (Lipinski definition) is 3. The van der Waals surface area contributed by atoms with Crippen LogP contribution in [0.15, 0.2) is 36.4 Å². The van der Waals surface area contributed by atoms with Crippen molar-refractivity contribution < 1.29 is 24.2 Å².